The Hall–Kier alpha value is -1.13. The molecule has 0 radical (unpaired) electrons. The summed E-state index contributed by atoms with van der Waals surface area (Å²) in [5.74, 6) is 0.0993. The van der Waals surface area contributed by atoms with E-state index in [1.54, 1.807) is 23.2 Å². The second-order valence-corrected chi connectivity index (χ2v) is 3.96. The molecule has 15 heavy (non-hydrogen) atoms. The topological polar surface area (TPSA) is 53.4 Å². The molecular formula is C10H11ClN2O2. The van der Waals surface area contributed by atoms with Crippen molar-refractivity contribution in [3.8, 4) is 0 Å². The lowest BCUT2D eigenvalue weighted by atomic mass is 10.0. The molecule has 0 atom stereocenters. The van der Waals surface area contributed by atoms with Crippen LogP contribution in [0.5, 0.6) is 0 Å². The van der Waals surface area contributed by atoms with Crippen molar-refractivity contribution in [2.24, 2.45) is 5.92 Å². The van der Waals surface area contributed by atoms with E-state index in [4.69, 9.17) is 16.7 Å². The molecule has 1 fully saturated rings. The van der Waals surface area contributed by atoms with Gasteiger partial charge in [-0.05, 0) is 12.1 Å². The summed E-state index contributed by atoms with van der Waals surface area (Å²) in [5, 5.41) is 9.07. The average molecular weight is 227 g/mol. The maximum absolute atomic E-state index is 11.8. The summed E-state index contributed by atoms with van der Waals surface area (Å²) in [6, 6.07) is 3.34. The summed E-state index contributed by atoms with van der Waals surface area (Å²) in [4.78, 5) is 17.3. The van der Waals surface area contributed by atoms with Crippen LogP contribution in [0.4, 0.5) is 0 Å². The fourth-order valence-electron chi connectivity index (χ4n) is 1.57. The summed E-state index contributed by atoms with van der Waals surface area (Å²) in [6.45, 7) is 1.33. The molecule has 2 rings (SSSR count). The summed E-state index contributed by atoms with van der Waals surface area (Å²) in [6.07, 6.45) is 1.55. The Morgan fingerprint density at radius 3 is 3.00 bits per heavy atom. The first-order valence-electron chi connectivity index (χ1n) is 4.73. The van der Waals surface area contributed by atoms with E-state index in [0.29, 0.717) is 18.7 Å². The summed E-state index contributed by atoms with van der Waals surface area (Å²) in [5.41, 5.74) is 0.426. The van der Waals surface area contributed by atoms with Gasteiger partial charge in [0, 0.05) is 31.8 Å². The van der Waals surface area contributed by atoms with Gasteiger partial charge in [0.1, 0.15) is 5.15 Å². The SMILES string of the molecule is O=C(c1cccnc1Cl)N1CC(CO)C1. The van der Waals surface area contributed by atoms with Gasteiger partial charge in [-0.15, -0.1) is 0 Å². The van der Waals surface area contributed by atoms with Crippen LogP contribution in [0.1, 0.15) is 10.4 Å². The van der Waals surface area contributed by atoms with E-state index in [1.807, 2.05) is 0 Å². The fourth-order valence-corrected chi connectivity index (χ4v) is 1.77. The molecule has 0 spiro atoms. The number of aromatic nitrogens is 1. The third-order valence-corrected chi connectivity index (χ3v) is 2.79. The normalized spacial score (nSPS) is 16.3. The number of likely N-dealkylation sites (tertiary alicyclic amines) is 1. The van der Waals surface area contributed by atoms with Crippen LogP contribution in [0.2, 0.25) is 5.15 Å². The third-order valence-electron chi connectivity index (χ3n) is 2.49. The van der Waals surface area contributed by atoms with Crippen molar-refractivity contribution in [3.05, 3.63) is 29.0 Å². The second-order valence-electron chi connectivity index (χ2n) is 3.60. The van der Waals surface area contributed by atoms with Crippen molar-refractivity contribution in [1.82, 2.24) is 9.88 Å². The summed E-state index contributed by atoms with van der Waals surface area (Å²) < 4.78 is 0. The van der Waals surface area contributed by atoms with Crippen LogP contribution in [0, 0.1) is 5.92 Å². The fraction of sp³-hybridized carbons (Fsp3) is 0.400. The predicted octanol–water partition coefficient (Wildman–Crippen LogP) is 0.799. The van der Waals surface area contributed by atoms with Crippen molar-refractivity contribution >= 4 is 17.5 Å². The maximum Gasteiger partial charge on any atom is 0.257 e. The number of carbonyl (C=O) groups excluding carboxylic acids is 1. The lowest BCUT2D eigenvalue weighted by molar-refractivity contribution is 0.0362. The molecular weight excluding hydrogens is 216 g/mol. The minimum Gasteiger partial charge on any atom is -0.396 e. The average Bonchev–Trinajstić information content (AvgIpc) is 2.16. The van der Waals surface area contributed by atoms with Crippen molar-refractivity contribution in [2.75, 3.05) is 19.7 Å². The number of aliphatic hydroxyl groups excluding tert-OH is 1. The molecule has 1 aliphatic rings. The van der Waals surface area contributed by atoms with Gasteiger partial charge in [-0.1, -0.05) is 11.6 Å². The number of nitrogens with zero attached hydrogens (tertiary/aromatic N) is 2. The van der Waals surface area contributed by atoms with Gasteiger partial charge in [-0.25, -0.2) is 4.98 Å². The number of aliphatic hydroxyl groups is 1. The van der Waals surface area contributed by atoms with Gasteiger partial charge in [-0.3, -0.25) is 4.79 Å². The number of amides is 1. The van der Waals surface area contributed by atoms with E-state index in [1.165, 1.54) is 0 Å². The smallest absolute Gasteiger partial charge is 0.257 e. The van der Waals surface area contributed by atoms with E-state index in [-0.39, 0.29) is 23.6 Å². The molecule has 5 heteroatoms. The molecule has 1 aliphatic heterocycles. The second kappa shape index (κ2) is 4.16. The number of rotatable bonds is 2. The molecule has 1 aromatic heterocycles. The Bertz CT molecular complexity index is 377. The number of hydrogen-bond donors (Lipinski definition) is 1. The van der Waals surface area contributed by atoms with Crippen molar-refractivity contribution in [2.45, 2.75) is 0 Å². The summed E-state index contributed by atoms with van der Waals surface area (Å²) >= 11 is 5.81. The molecule has 0 bridgehead atoms. The molecule has 1 N–H and O–H groups in total. The summed E-state index contributed by atoms with van der Waals surface area (Å²) in [7, 11) is 0. The predicted molar refractivity (Wildman–Crippen MR) is 55.7 cm³/mol. The van der Waals surface area contributed by atoms with Crippen LogP contribution in [0.25, 0.3) is 0 Å². The standard InChI is InChI=1S/C10H11ClN2O2/c11-9-8(2-1-3-12-9)10(15)13-4-7(5-13)6-14/h1-3,7,14H,4-6H2. The molecule has 1 saturated heterocycles. The molecule has 4 nitrogen and oxygen atoms in total. The van der Waals surface area contributed by atoms with Gasteiger partial charge in [0.2, 0.25) is 0 Å². The Kier molecular flexibility index (Phi) is 2.88. The quantitative estimate of drug-likeness (QED) is 0.759. The van der Waals surface area contributed by atoms with Crippen LogP contribution < -0.4 is 0 Å². The van der Waals surface area contributed by atoms with Gasteiger partial charge in [0.05, 0.1) is 5.56 Å². The number of hydrogen-bond acceptors (Lipinski definition) is 3. The zero-order valence-corrected chi connectivity index (χ0v) is 8.81. The van der Waals surface area contributed by atoms with Crippen LogP contribution in [-0.4, -0.2) is 40.6 Å². The van der Waals surface area contributed by atoms with Crippen LogP contribution in [0.3, 0.4) is 0 Å². The minimum atomic E-state index is -0.113. The molecule has 0 aliphatic carbocycles. The Morgan fingerprint density at radius 2 is 2.40 bits per heavy atom. The first-order valence-corrected chi connectivity index (χ1v) is 5.11. The largest absolute Gasteiger partial charge is 0.396 e. The molecule has 0 unspecified atom stereocenters. The van der Waals surface area contributed by atoms with E-state index in [2.05, 4.69) is 4.98 Å². The Balaban J connectivity index is 2.07. The number of halogens is 1. The zero-order valence-electron chi connectivity index (χ0n) is 8.06. The van der Waals surface area contributed by atoms with Gasteiger partial charge in [0.15, 0.2) is 0 Å². The Labute approximate surface area is 92.5 Å². The van der Waals surface area contributed by atoms with Crippen molar-refractivity contribution in [1.29, 1.82) is 0 Å². The van der Waals surface area contributed by atoms with Crippen molar-refractivity contribution in [3.63, 3.8) is 0 Å². The highest BCUT2D eigenvalue weighted by atomic mass is 35.5. The molecule has 0 aromatic carbocycles. The van der Waals surface area contributed by atoms with Crippen LogP contribution >= 0.6 is 11.6 Å². The highest BCUT2D eigenvalue weighted by molar-refractivity contribution is 6.32. The molecule has 2 heterocycles. The van der Waals surface area contributed by atoms with Crippen molar-refractivity contribution < 1.29 is 9.90 Å². The number of pyridine rings is 1. The van der Waals surface area contributed by atoms with E-state index in [9.17, 15) is 4.79 Å². The highest BCUT2D eigenvalue weighted by Gasteiger charge is 2.31. The molecule has 1 aromatic rings. The molecule has 0 saturated carbocycles. The van der Waals surface area contributed by atoms with Crippen LogP contribution in [-0.2, 0) is 0 Å². The minimum absolute atomic E-state index is 0.113. The Morgan fingerprint density at radius 1 is 1.67 bits per heavy atom. The zero-order chi connectivity index (χ0) is 10.8. The lowest BCUT2D eigenvalue weighted by Crippen LogP contribution is -2.51. The monoisotopic (exact) mass is 226 g/mol. The van der Waals surface area contributed by atoms with E-state index < -0.39 is 0 Å². The van der Waals surface area contributed by atoms with Crippen LogP contribution in [0.15, 0.2) is 18.3 Å². The maximum atomic E-state index is 11.8. The first kappa shape index (κ1) is 10.4. The first-order chi connectivity index (χ1) is 7.22. The van der Waals surface area contributed by atoms with Gasteiger partial charge < -0.3 is 10.0 Å². The number of carbonyl (C=O) groups is 1. The third kappa shape index (κ3) is 1.96. The van der Waals surface area contributed by atoms with Gasteiger partial charge >= 0.3 is 0 Å². The van der Waals surface area contributed by atoms with Gasteiger partial charge in [0.25, 0.3) is 5.91 Å². The van der Waals surface area contributed by atoms with E-state index >= 15 is 0 Å². The van der Waals surface area contributed by atoms with Gasteiger partial charge in [-0.2, -0.15) is 0 Å². The molecule has 1 amide bonds. The lowest BCUT2D eigenvalue weighted by Gasteiger charge is -2.38. The van der Waals surface area contributed by atoms with E-state index in [0.717, 1.165) is 0 Å². The highest BCUT2D eigenvalue weighted by Crippen LogP contribution is 2.21. The molecule has 80 valence electrons.